The fourth-order valence-electron chi connectivity index (χ4n) is 1.72. The van der Waals surface area contributed by atoms with Crippen molar-refractivity contribution in [2.45, 2.75) is 138 Å². The number of hydrogen-bond donors (Lipinski definition) is 3. The molecule has 2 aromatic rings. The number of aromatic amines is 2. The second-order valence-electron chi connectivity index (χ2n) is 5.91. The van der Waals surface area contributed by atoms with E-state index in [1.165, 1.54) is 36.9 Å². The fourth-order valence-corrected chi connectivity index (χ4v) is 2.36. The lowest BCUT2D eigenvalue weighted by Gasteiger charge is -1.98. The summed E-state index contributed by atoms with van der Waals surface area (Å²) in [5.74, 6) is 0.697. The molecule has 0 aliphatic carbocycles. The highest BCUT2D eigenvalue weighted by atomic mass is 32.2. The molecule has 3 aliphatic heterocycles. The molecule has 0 amide bonds. The Hall–Kier alpha value is -4.71. The molecule has 2 aromatic heterocycles. The summed E-state index contributed by atoms with van der Waals surface area (Å²) in [6.45, 7) is 44.3. The van der Waals surface area contributed by atoms with Crippen molar-refractivity contribution in [2.24, 2.45) is 0 Å². The number of sulfonamides is 1. The van der Waals surface area contributed by atoms with Crippen LogP contribution in [0.3, 0.4) is 0 Å². The minimum Gasteiger partial charge on any atom is -0.497 e. The molecular formula is C43H85N5O6S. The Bertz CT molecular complexity index is 1200. The highest BCUT2D eigenvalue weighted by Gasteiger charge is 2.00. The normalized spacial score (nSPS) is 10.6. The molecule has 0 atom stereocenters. The standard InChI is InChI=1S/C6H6O.C5H6O.2C4H4N2O.C4H5NO2S.10C2H6/c1-6-4-2-3-5-7-6;1-2-4-6-5-3-1;7-4-5-2-1-3-6-4;7-4-2-1-3-5-6-4;6-8(7)4-2-1-3-5-8;10*1-2/h2-5H,1H2;1-4H,5H2;1-3H,(H,5,6,7);1-3H,(H,6,7);1-5H;10*1-2H3. The minimum atomic E-state index is -3.10. The van der Waals surface area contributed by atoms with Crippen LogP contribution in [-0.2, 0) is 19.5 Å². The topological polar surface area (TPSA) is 156 Å². The van der Waals surface area contributed by atoms with Gasteiger partial charge in [0.05, 0.1) is 17.9 Å². The highest BCUT2D eigenvalue weighted by molar-refractivity contribution is 7.92. The molecule has 3 aliphatic rings. The van der Waals surface area contributed by atoms with Crippen LogP contribution in [0.25, 0.3) is 0 Å². The fraction of sp³-hybridized carbons (Fsp3) is 0.488. The lowest BCUT2D eigenvalue weighted by Crippen LogP contribution is -2.15. The quantitative estimate of drug-likeness (QED) is 0.238. The Balaban J connectivity index is -0.0000000517. The molecule has 0 saturated carbocycles. The number of ether oxygens (including phenoxy) is 2. The van der Waals surface area contributed by atoms with Gasteiger partial charge in [0, 0.05) is 30.9 Å². The molecule has 5 heterocycles. The van der Waals surface area contributed by atoms with Crippen molar-refractivity contribution < 1.29 is 17.9 Å². The molecule has 5 rings (SSSR count). The van der Waals surface area contributed by atoms with Gasteiger partial charge in [0.25, 0.3) is 15.6 Å². The van der Waals surface area contributed by atoms with Gasteiger partial charge in [-0.3, -0.25) is 9.52 Å². The van der Waals surface area contributed by atoms with Crippen molar-refractivity contribution in [3.63, 3.8) is 0 Å². The van der Waals surface area contributed by atoms with E-state index in [2.05, 4.69) is 31.5 Å². The number of nitrogens with one attached hydrogen (secondary N) is 3. The van der Waals surface area contributed by atoms with E-state index in [-0.39, 0.29) is 11.2 Å². The Labute approximate surface area is 339 Å². The van der Waals surface area contributed by atoms with Crippen LogP contribution in [0.5, 0.6) is 0 Å². The molecule has 3 N–H and O–H groups in total. The van der Waals surface area contributed by atoms with E-state index in [0.29, 0.717) is 5.76 Å². The van der Waals surface area contributed by atoms with E-state index in [1.807, 2.05) is 169 Å². The molecule has 0 saturated heterocycles. The van der Waals surface area contributed by atoms with E-state index in [0.717, 1.165) is 12.0 Å². The third-order valence-electron chi connectivity index (χ3n) is 3.17. The number of aromatic nitrogens is 4. The predicted octanol–water partition coefficient (Wildman–Crippen LogP) is 12.4. The van der Waals surface area contributed by atoms with Gasteiger partial charge in [-0.2, -0.15) is 5.10 Å². The Morgan fingerprint density at radius 1 is 0.655 bits per heavy atom. The maximum absolute atomic E-state index is 10.4. The van der Waals surface area contributed by atoms with Gasteiger partial charge in [0.15, 0.2) is 0 Å². The summed E-state index contributed by atoms with van der Waals surface area (Å²) in [6.07, 6.45) is 23.5. The lowest BCUT2D eigenvalue weighted by molar-refractivity contribution is 0.286. The number of hydrogen-bond acceptors (Lipinski definition) is 8. The number of nitrogens with zero attached hydrogens (tertiary/aromatic N) is 2. The molecule has 0 unspecified atom stereocenters. The number of allylic oxidation sites excluding steroid dienone is 7. The SMILES string of the molecule is C1=CCOC=C1.C=C1C=CC=CO1.CC.CC.CC.CC.CC.CC.CC.CC.CC.CC.O=S1(=O)C=CC=CN1.O=c1cccn[nH]1.O=c1nccc[nH]1. The van der Waals surface area contributed by atoms with Crippen LogP contribution in [0.15, 0.2) is 131 Å². The summed E-state index contributed by atoms with van der Waals surface area (Å²) in [4.78, 5) is 26.0. The van der Waals surface area contributed by atoms with Crippen LogP contribution in [0.1, 0.15) is 138 Å². The molecule has 11 nitrogen and oxygen atoms in total. The Morgan fingerprint density at radius 2 is 1.18 bits per heavy atom. The van der Waals surface area contributed by atoms with Crippen LogP contribution < -0.4 is 16.0 Å². The van der Waals surface area contributed by atoms with Crippen molar-refractivity contribution in [1.82, 2.24) is 24.9 Å². The largest absolute Gasteiger partial charge is 0.497 e. The second kappa shape index (κ2) is 87.3. The van der Waals surface area contributed by atoms with Crippen LogP contribution in [-0.4, -0.2) is 35.2 Å². The molecule has 0 bridgehead atoms. The molecule has 12 heteroatoms. The van der Waals surface area contributed by atoms with Gasteiger partial charge < -0.3 is 14.5 Å². The van der Waals surface area contributed by atoms with Crippen LogP contribution >= 0.6 is 0 Å². The first-order valence-corrected chi connectivity index (χ1v) is 21.4. The van der Waals surface area contributed by atoms with Crippen LogP contribution in [0, 0.1) is 0 Å². The summed E-state index contributed by atoms with van der Waals surface area (Å²) in [7, 11) is -3.10. The van der Waals surface area contributed by atoms with E-state index in [9.17, 15) is 18.0 Å². The molecule has 55 heavy (non-hydrogen) atoms. The van der Waals surface area contributed by atoms with Crippen LogP contribution in [0.2, 0.25) is 0 Å². The monoisotopic (exact) mass is 800 g/mol. The van der Waals surface area contributed by atoms with Crippen molar-refractivity contribution in [3.05, 3.63) is 143 Å². The maximum atomic E-state index is 10.4. The van der Waals surface area contributed by atoms with E-state index < -0.39 is 10.0 Å². The summed E-state index contributed by atoms with van der Waals surface area (Å²) < 4.78 is 32.6. The zero-order valence-corrected chi connectivity index (χ0v) is 39.4. The predicted molar refractivity (Wildman–Crippen MR) is 246 cm³/mol. The Morgan fingerprint density at radius 3 is 1.35 bits per heavy atom. The van der Waals surface area contributed by atoms with Crippen molar-refractivity contribution in [3.8, 4) is 0 Å². The molecule has 324 valence electrons. The molecule has 0 spiro atoms. The molecule has 0 radical (unpaired) electrons. The first-order valence-electron chi connectivity index (χ1n) is 19.9. The van der Waals surface area contributed by atoms with E-state index in [1.54, 1.807) is 36.8 Å². The third-order valence-corrected chi connectivity index (χ3v) is 4.15. The first-order chi connectivity index (χ1) is 26.9. The highest BCUT2D eigenvalue weighted by Crippen LogP contribution is 2.01. The molecule has 0 aromatic carbocycles. The van der Waals surface area contributed by atoms with Gasteiger partial charge in [0.1, 0.15) is 12.4 Å². The summed E-state index contributed by atoms with van der Waals surface area (Å²) in [6, 6.07) is 4.65. The van der Waals surface area contributed by atoms with Gasteiger partial charge in [-0.15, -0.1) is 0 Å². The first kappa shape index (κ1) is 75.3. The van der Waals surface area contributed by atoms with Gasteiger partial charge in [-0.1, -0.05) is 157 Å². The average Bonchev–Trinajstić information content (AvgIpc) is 3.30. The zero-order chi connectivity index (χ0) is 45.6. The summed E-state index contributed by atoms with van der Waals surface area (Å²) >= 11 is 0. The van der Waals surface area contributed by atoms with Gasteiger partial charge >= 0.3 is 5.69 Å². The van der Waals surface area contributed by atoms with Crippen molar-refractivity contribution >= 4 is 10.0 Å². The van der Waals surface area contributed by atoms with Crippen molar-refractivity contribution in [1.29, 1.82) is 0 Å². The molecular weight excluding hydrogens is 715 g/mol. The number of H-pyrrole nitrogens is 2. The maximum Gasteiger partial charge on any atom is 0.344 e. The van der Waals surface area contributed by atoms with Gasteiger partial charge in [-0.25, -0.2) is 23.3 Å². The second-order valence-corrected chi connectivity index (χ2v) is 7.51. The van der Waals surface area contributed by atoms with Gasteiger partial charge in [-0.05, 0) is 48.6 Å². The van der Waals surface area contributed by atoms with Crippen molar-refractivity contribution in [2.75, 3.05) is 6.61 Å². The van der Waals surface area contributed by atoms with Gasteiger partial charge in [0.2, 0.25) is 0 Å². The Kier molecular flexibility index (Phi) is 119. The van der Waals surface area contributed by atoms with Crippen LogP contribution in [0.4, 0.5) is 0 Å². The smallest absolute Gasteiger partial charge is 0.344 e. The summed E-state index contributed by atoms with van der Waals surface area (Å²) in [5.41, 5.74) is -0.468. The lowest BCUT2D eigenvalue weighted by atomic mass is 10.4. The minimum absolute atomic E-state index is 0.164. The van der Waals surface area contributed by atoms with E-state index in [4.69, 9.17) is 9.47 Å². The summed E-state index contributed by atoms with van der Waals surface area (Å²) in [5, 5.41) is 6.78. The average molecular weight is 800 g/mol. The third kappa shape index (κ3) is 88.5. The molecule has 0 fully saturated rings. The zero-order valence-electron chi connectivity index (χ0n) is 38.6. The number of rotatable bonds is 0. The van der Waals surface area contributed by atoms with E-state index >= 15 is 0 Å².